The molecule has 0 amide bonds. The van der Waals surface area contributed by atoms with Crippen molar-refractivity contribution in [3.63, 3.8) is 0 Å². The highest BCUT2D eigenvalue weighted by atomic mass is 79.9. The fourth-order valence-corrected chi connectivity index (χ4v) is 5.72. The van der Waals surface area contributed by atoms with Gasteiger partial charge in [-0.2, -0.15) is 0 Å². The van der Waals surface area contributed by atoms with Gasteiger partial charge in [0, 0.05) is 41.3 Å². The van der Waals surface area contributed by atoms with Crippen LogP contribution in [0.2, 0.25) is 5.02 Å². The molecule has 3 aromatic carbocycles. The molecular formula is C33H30BrClN6O3S. The number of hydrogen-bond donors (Lipinski definition) is 0. The van der Waals surface area contributed by atoms with Crippen LogP contribution in [0.25, 0.3) is 28.4 Å². The van der Waals surface area contributed by atoms with E-state index in [-0.39, 0.29) is 4.90 Å². The first kappa shape index (κ1) is 32.2. The summed E-state index contributed by atoms with van der Waals surface area (Å²) in [7, 11) is 1.72. The van der Waals surface area contributed by atoms with Crippen molar-refractivity contribution in [1.29, 1.82) is 0 Å². The van der Waals surface area contributed by atoms with Gasteiger partial charge in [-0.25, -0.2) is 23.0 Å². The Balaban J connectivity index is 0.000000309. The molecule has 0 fully saturated rings. The zero-order chi connectivity index (χ0) is 32.5. The lowest BCUT2D eigenvalue weighted by Gasteiger charge is -2.17. The molecule has 2 aromatic heterocycles. The molecule has 0 atom stereocenters. The maximum atomic E-state index is 10.4. The zero-order valence-electron chi connectivity index (χ0n) is 25.2. The molecule has 0 spiro atoms. The molecule has 6 rings (SSSR count). The molecule has 12 heteroatoms. The third kappa shape index (κ3) is 7.23. The number of halogens is 2. The monoisotopic (exact) mass is 704 g/mol. The first-order valence-corrected chi connectivity index (χ1v) is 16.4. The van der Waals surface area contributed by atoms with E-state index in [1.807, 2.05) is 86.4 Å². The van der Waals surface area contributed by atoms with E-state index in [1.54, 1.807) is 12.1 Å². The molecule has 5 aromatic rings. The van der Waals surface area contributed by atoms with Gasteiger partial charge in [-0.05, 0) is 55.2 Å². The summed E-state index contributed by atoms with van der Waals surface area (Å²) in [6.45, 7) is 3.91. The summed E-state index contributed by atoms with van der Waals surface area (Å²) in [6, 6.07) is 23.7. The lowest BCUT2D eigenvalue weighted by Crippen LogP contribution is -2.36. The topological polar surface area (TPSA) is 106 Å². The highest BCUT2D eigenvalue weighted by Gasteiger charge is 2.30. The number of allylic oxidation sites excluding steroid dienone is 2. The second kappa shape index (κ2) is 13.1. The third-order valence-electron chi connectivity index (χ3n) is 7.28. The standard InChI is InChI=1S/C26H23BrClN6.C7H8O3S/c1-16-12-21(17-8-6-5-7-9-17)29-23(32(16)2)13-18(27)14-24-33(3)25-26(34(24)4)31-22-15-19(28)10-11-20(22)30-25;1-6-2-4-7(5-3-6)11(8,9)10/h5-15H,1-4H3;2-5H,1H3,(H,8,9,10)/q+1;/p-1. The van der Waals surface area contributed by atoms with Gasteiger partial charge >= 0.3 is 5.82 Å². The molecular weight excluding hydrogens is 676 g/mol. The Bertz CT molecular complexity index is 2070. The van der Waals surface area contributed by atoms with Crippen molar-refractivity contribution in [3.8, 4) is 11.3 Å². The van der Waals surface area contributed by atoms with Crippen LogP contribution in [0, 0.1) is 13.8 Å². The number of rotatable bonds is 4. The van der Waals surface area contributed by atoms with Crippen molar-refractivity contribution >= 4 is 66.4 Å². The van der Waals surface area contributed by atoms with Crippen molar-refractivity contribution < 1.29 is 17.5 Å². The third-order valence-corrected chi connectivity index (χ3v) is 8.82. The fourth-order valence-electron chi connectivity index (χ4n) is 4.68. The predicted octanol–water partition coefficient (Wildman–Crippen LogP) is 6.54. The molecule has 0 N–H and O–H groups in total. The van der Waals surface area contributed by atoms with Gasteiger partial charge in [0.2, 0.25) is 0 Å². The summed E-state index contributed by atoms with van der Waals surface area (Å²) in [5.41, 5.74) is 5.66. The molecule has 0 radical (unpaired) electrons. The van der Waals surface area contributed by atoms with Gasteiger partial charge in [0.05, 0.1) is 23.0 Å². The van der Waals surface area contributed by atoms with Gasteiger partial charge in [0.1, 0.15) is 21.6 Å². The van der Waals surface area contributed by atoms with E-state index < -0.39 is 10.1 Å². The van der Waals surface area contributed by atoms with Crippen LogP contribution in [0.1, 0.15) is 17.1 Å². The number of benzene rings is 3. The Kier molecular flexibility index (Phi) is 9.36. The highest BCUT2D eigenvalue weighted by molar-refractivity contribution is 9.12. The average molecular weight is 706 g/mol. The van der Waals surface area contributed by atoms with Gasteiger partial charge in [0.15, 0.2) is 17.3 Å². The second-order valence-corrected chi connectivity index (χ2v) is 13.2. The SMILES string of the molecule is Cc1cc(-c2ccccc2)nc(C=C(Br)C=C2N(C)c3nc4ccc(Cl)cc4nc3N2C)[n+]1C.Cc1ccc(S(=O)(=O)[O-])cc1. The number of nitrogens with zero attached hydrogens (tertiary/aromatic N) is 6. The van der Waals surface area contributed by atoms with E-state index in [0.717, 1.165) is 61.3 Å². The summed E-state index contributed by atoms with van der Waals surface area (Å²) in [6.07, 6.45) is 4.07. The quantitative estimate of drug-likeness (QED) is 0.153. The number of aromatic nitrogens is 4. The molecule has 1 aliphatic rings. The molecule has 0 unspecified atom stereocenters. The summed E-state index contributed by atoms with van der Waals surface area (Å²) < 4.78 is 34.1. The fraction of sp³-hybridized carbons (Fsp3) is 0.152. The van der Waals surface area contributed by atoms with Crippen LogP contribution in [0.5, 0.6) is 0 Å². The summed E-state index contributed by atoms with van der Waals surface area (Å²) in [5, 5.41) is 0.644. The van der Waals surface area contributed by atoms with Crippen LogP contribution in [0.15, 0.2) is 100 Å². The minimum atomic E-state index is -4.27. The van der Waals surface area contributed by atoms with E-state index in [1.165, 1.54) is 12.1 Å². The minimum Gasteiger partial charge on any atom is -0.744 e. The average Bonchev–Trinajstić information content (AvgIpc) is 3.22. The molecule has 230 valence electrons. The number of anilines is 2. The van der Waals surface area contributed by atoms with Crippen LogP contribution in [-0.2, 0) is 17.2 Å². The van der Waals surface area contributed by atoms with Crippen LogP contribution in [0.3, 0.4) is 0 Å². The molecule has 1 aliphatic heterocycles. The van der Waals surface area contributed by atoms with Gasteiger partial charge in [-0.15, -0.1) is 0 Å². The highest BCUT2D eigenvalue weighted by Crippen LogP contribution is 2.38. The summed E-state index contributed by atoms with van der Waals surface area (Å²) >= 11 is 9.90. The number of hydrogen-bond acceptors (Lipinski definition) is 8. The van der Waals surface area contributed by atoms with Gasteiger partial charge < -0.3 is 14.4 Å². The second-order valence-electron chi connectivity index (χ2n) is 10.5. The maximum absolute atomic E-state index is 10.4. The molecule has 45 heavy (non-hydrogen) atoms. The van der Waals surface area contributed by atoms with Gasteiger partial charge in [0.25, 0.3) is 0 Å². The smallest absolute Gasteiger partial charge is 0.324 e. The van der Waals surface area contributed by atoms with Crippen molar-refractivity contribution in [2.24, 2.45) is 7.05 Å². The first-order valence-electron chi connectivity index (χ1n) is 13.8. The lowest BCUT2D eigenvalue weighted by atomic mass is 10.1. The Morgan fingerprint density at radius 2 is 1.51 bits per heavy atom. The van der Waals surface area contributed by atoms with Crippen LogP contribution in [-0.4, -0.2) is 42.0 Å². The minimum absolute atomic E-state index is 0.178. The molecule has 9 nitrogen and oxygen atoms in total. The molecule has 0 bridgehead atoms. The van der Waals surface area contributed by atoms with Crippen molar-refractivity contribution in [2.45, 2.75) is 18.7 Å². The van der Waals surface area contributed by atoms with Crippen LogP contribution in [0.4, 0.5) is 11.6 Å². The maximum Gasteiger partial charge on any atom is 0.324 e. The number of aryl methyl sites for hydroxylation is 2. The summed E-state index contributed by atoms with van der Waals surface area (Å²) in [5.74, 6) is 3.38. The molecule has 3 heterocycles. The van der Waals surface area contributed by atoms with E-state index in [2.05, 4.69) is 45.6 Å². The Morgan fingerprint density at radius 3 is 2.13 bits per heavy atom. The van der Waals surface area contributed by atoms with Crippen LogP contribution < -0.4 is 14.4 Å². The Hall–Kier alpha value is -4.16. The van der Waals surface area contributed by atoms with Gasteiger partial charge in [-0.3, -0.25) is 0 Å². The zero-order valence-corrected chi connectivity index (χ0v) is 28.4. The first-order chi connectivity index (χ1) is 21.3. The van der Waals surface area contributed by atoms with Crippen molar-refractivity contribution in [1.82, 2.24) is 15.0 Å². The Morgan fingerprint density at radius 1 is 0.889 bits per heavy atom. The van der Waals surface area contributed by atoms with E-state index in [9.17, 15) is 13.0 Å². The van der Waals surface area contributed by atoms with Crippen LogP contribution >= 0.6 is 27.5 Å². The molecule has 0 saturated carbocycles. The van der Waals surface area contributed by atoms with E-state index >= 15 is 0 Å². The summed E-state index contributed by atoms with van der Waals surface area (Å²) in [4.78, 5) is 18.4. The van der Waals surface area contributed by atoms with Gasteiger partial charge in [-0.1, -0.05) is 75.6 Å². The van der Waals surface area contributed by atoms with Crippen molar-refractivity contribution in [2.75, 3.05) is 23.9 Å². The van der Waals surface area contributed by atoms with E-state index in [0.29, 0.717) is 5.02 Å². The normalized spacial score (nSPS) is 14.0. The lowest BCUT2D eigenvalue weighted by molar-refractivity contribution is -0.682. The molecule has 0 aliphatic carbocycles. The predicted molar refractivity (Wildman–Crippen MR) is 181 cm³/mol. The molecule has 0 saturated heterocycles. The Labute approximate surface area is 276 Å². The van der Waals surface area contributed by atoms with Crippen molar-refractivity contribution in [3.05, 3.63) is 117 Å². The number of fused-ring (bicyclic) bond motifs is 2. The largest absolute Gasteiger partial charge is 0.744 e. The van der Waals surface area contributed by atoms with E-state index in [4.69, 9.17) is 26.6 Å².